The quantitative estimate of drug-likeness (QED) is 0.895. The van der Waals surface area contributed by atoms with Crippen molar-refractivity contribution in [2.24, 2.45) is 5.73 Å². The fourth-order valence-corrected chi connectivity index (χ4v) is 2.41. The van der Waals surface area contributed by atoms with Gasteiger partial charge in [-0.05, 0) is 31.2 Å². The van der Waals surface area contributed by atoms with Gasteiger partial charge in [0.05, 0.1) is 7.11 Å². The van der Waals surface area contributed by atoms with E-state index in [1.54, 1.807) is 7.11 Å². The second-order valence-electron chi connectivity index (χ2n) is 5.25. The van der Waals surface area contributed by atoms with E-state index >= 15 is 0 Å². The first-order valence-electron chi connectivity index (χ1n) is 7.02. The second kappa shape index (κ2) is 6.61. The number of ether oxygens (including phenoxy) is 1. The van der Waals surface area contributed by atoms with E-state index in [0.717, 1.165) is 31.9 Å². The second-order valence-corrected chi connectivity index (χ2v) is 5.25. The van der Waals surface area contributed by atoms with Gasteiger partial charge in [0, 0.05) is 44.3 Å². The van der Waals surface area contributed by atoms with E-state index in [2.05, 4.69) is 17.0 Å². The summed E-state index contributed by atoms with van der Waals surface area (Å²) in [4.78, 5) is 16.1. The van der Waals surface area contributed by atoms with Gasteiger partial charge in [-0.3, -0.25) is 4.79 Å². The lowest BCUT2D eigenvalue weighted by atomic mass is 10.2. The van der Waals surface area contributed by atoms with Gasteiger partial charge in [0.25, 0.3) is 0 Å². The van der Waals surface area contributed by atoms with Crippen LogP contribution in [0.15, 0.2) is 24.3 Å². The van der Waals surface area contributed by atoms with Gasteiger partial charge in [-0.2, -0.15) is 0 Å². The molecule has 1 aliphatic heterocycles. The third-order valence-corrected chi connectivity index (χ3v) is 3.57. The highest BCUT2D eigenvalue weighted by molar-refractivity contribution is 5.77. The van der Waals surface area contributed by atoms with Crippen molar-refractivity contribution in [1.82, 2.24) is 4.90 Å². The molecule has 0 bridgehead atoms. The molecule has 1 fully saturated rings. The van der Waals surface area contributed by atoms with Crippen molar-refractivity contribution in [3.63, 3.8) is 0 Å². The van der Waals surface area contributed by atoms with E-state index in [9.17, 15) is 4.79 Å². The van der Waals surface area contributed by atoms with Crippen LogP contribution in [0.3, 0.4) is 0 Å². The molecule has 1 aromatic rings. The van der Waals surface area contributed by atoms with Gasteiger partial charge in [0.2, 0.25) is 5.91 Å². The molecule has 2 N–H and O–H groups in total. The fraction of sp³-hybridized carbons (Fsp3) is 0.533. The zero-order valence-electron chi connectivity index (χ0n) is 12.2. The fourth-order valence-electron chi connectivity index (χ4n) is 2.41. The number of nitrogens with zero attached hydrogens (tertiary/aromatic N) is 2. The number of benzene rings is 1. The van der Waals surface area contributed by atoms with Crippen LogP contribution in [0.25, 0.3) is 0 Å². The number of methoxy groups -OCH3 is 1. The van der Waals surface area contributed by atoms with Gasteiger partial charge in [0.15, 0.2) is 0 Å². The maximum atomic E-state index is 11.9. The van der Waals surface area contributed by atoms with Crippen molar-refractivity contribution in [3.8, 4) is 5.75 Å². The zero-order valence-corrected chi connectivity index (χ0v) is 12.2. The van der Waals surface area contributed by atoms with Crippen molar-refractivity contribution in [1.29, 1.82) is 0 Å². The standard InChI is InChI=1S/C15H23N3O2/c1-12(16)11-15(19)18-9-7-17(8-10-18)13-3-5-14(20-2)6-4-13/h3-6,12H,7-11,16H2,1-2H3. The van der Waals surface area contributed by atoms with Crippen molar-refractivity contribution in [3.05, 3.63) is 24.3 Å². The zero-order chi connectivity index (χ0) is 14.5. The highest BCUT2D eigenvalue weighted by Crippen LogP contribution is 2.20. The summed E-state index contributed by atoms with van der Waals surface area (Å²) >= 11 is 0. The molecule has 1 saturated heterocycles. The maximum Gasteiger partial charge on any atom is 0.224 e. The molecule has 0 spiro atoms. The van der Waals surface area contributed by atoms with Crippen molar-refractivity contribution >= 4 is 11.6 Å². The van der Waals surface area contributed by atoms with Crippen LogP contribution in [0, 0.1) is 0 Å². The van der Waals surface area contributed by atoms with Crippen LogP contribution in [0.5, 0.6) is 5.75 Å². The Morgan fingerprint density at radius 3 is 2.35 bits per heavy atom. The third kappa shape index (κ3) is 3.63. The van der Waals surface area contributed by atoms with Crippen LogP contribution in [0.4, 0.5) is 5.69 Å². The number of amides is 1. The van der Waals surface area contributed by atoms with E-state index in [0.29, 0.717) is 6.42 Å². The molecule has 110 valence electrons. The number of carbonyl (C=O) groups excluding carboxylic acids is 1. The number of rotatable bonds is 4. The predicted octanol–water partition coefficient (Wildman–Crippen LogP) is 1.08. The van der Waals surface area contributed by atoms with Crippen molar-refractivity contribution in [2.45, 2.75) is 19.4 Å². The Labute approximate surface area is 120 Å². The molecule has 5 nitrogen and oxygen atoms in total. The first-order chi connectivity index (χ1) is 9.60. The molecule has 1 amide bonds. The topological polar surface area (TPSA) is 58.8 Å². The van der Waals surface area contributed by atoms with Crippen molar-refractivity contribution in [2.75, 3.05) is 38.2 Å². The molecule has 0 radical (unpaired) electrons. The summed E-state index contributed by atoms with van der Waals surface area (Å²) in [5.41, 5.74) is 6.85. The summed E-state index contributed by atoms with van der Waals surface area (Å²) in [6, 6.07) is 7.96. The van der Waals surface area contributed by atoms with Crippen LogP contribution < -0.4 is 15.4 Å². The Bertz CT molecular complexity index is 437. The molecule has 20 heavy (non-hydrogen) atoms. The summed E-state index contributed by atoms with van der Waals surface area (Å²) in [7, 11) is 1.66. The first-order valence-corrected chi connectivity index (χ1v) is 7.02. The number of piperazine rings is 1. The summed E-state index contributed by atoms with van der Waals surface area (Å²) < 4.78 is 5.16. The van der Waals surface area contributed by atoms with E-state index < -0.39 is 0 Å². The highest BCUT2D eigenvalue weighted by atomic mass is 16.5. The molecular weight excluding hydrogens is 254 g/mol. The number of hydrogen-bond donors (Lipinski definition) is 1. The van der Waals surface area contributed by atoms with E-state index in [4.69, 9.17) is 10.5 Å². The summed E-state index contributed by atoms with van der Waals surface area (Å²) in [6.45, 7) is 5.11. The molecule has 1 atom stereocenters. The molecule has 5 heteroatoms. The van der Waals surface area contributed by atoms with Crippen molar-refractivity contribution < 1.29 is 9.53 Å². The molecule has 1 unspecified atom stereocenters. The van der Waals surface area contributed by atoms with Crippen LogP contribution in [-0.4, -0.2) is 50.1 Å². The largest absolute Gasteiger partial charge is 0.497 e. The van der Waals surface area contributed by atoms with Gasteiger partial charge in [-0.25, -0.2) is 0 Å². The van der Waals surface area contributed by atoms with E-state index in [1.165, 1.54) is 5.69 Å². The minimum Gasteiger partial charge on any atom is -0.497 e. The van der Waals surface area contributed by atoms with Gasteiger partial charge in [-0.15, -0.1) is 0 Å². The molecule has 1 aliphatic rings. The average molecular weight is 277 g/mol. The lowest BCUT2D eigenvalue weighted by Crippen LogP contribution is -2.49. The normalized spacial score (nSPS) is 16.9. The SMILES string of the molecule is COc1ccc(N2CCN(C(=O)CC(C)N)CC2)cc1. The van der Waals surface area contributed by atoms with Crippen LogP contribution in [0.2, 0.25) is 0 Å². The van der Waals surface area contributed by atoms with Gasteiger partial charge in [-0.1, -0.05) is 0 Å². The predicted molar refractivity (Wildman–Crippen MR) is 80.1 cm³/mol. The maximum absolute atomic E-state index is 11.9. The van der Waals surface area contributed by atoms with Crippen LogP contribution in [0.1, 0.15) is 13.3 Å². The molecule has 2 rings (SSSR count). The summed E-state index contributed by atoms with van der Waals surface area (Å²) in [5.74, 6) is 1.02. The minimum atomic E-state index is -0.0675. The summed E-state index contributed by atoms with van der Waals surface area (Å²) in [6.07, 6.45) is 0.433. The Morgan fingerprint density at radius 2 is 1.85 bits per heavy atom. The molecule has 1 heterocycles. The minimum absolute atomic E-state index is 0.0675. The first kappa shape index (κ1) is 14.7. The lowest BCUT2D eigenvalue weighted by Gasteiger charge is -2.36. The molecule has 0 aliphatic carbocycles. The number of hydrogen-bond acceptors (Lipinski definition) is 4. The molecule has 0 aromatic heterocycles. The van der Waals surface area contributed by atoms with Gasteiger partial charge >= 0.3 is 0 Å². The third-order valence-electron chi connectivity index (χ3n) is 3.57. The molecule has 1 aromatic carbocycles. The van der Waals surface area contributed by atoms with Crippen LogP contribution >= 0.6 is 0 Å². The monoisotopic (exact) mass is 277 g/mol. The lowest BCUT2D eigenvalue weighted by molar-refractivity contribution is -0.131. The highest BCUT2D eigenvalue weighted by Gasteiger charge is 2.21. The smallest absolute Gasteiger partial charge is 0.224 e. The molecular formula is C15H23N3O2. The van der Waals surface area contributed by atoms with E-state index in [-0.39, 0.29) is 11.9 Å². The average Bonchev–Trinajstić information content (AvgIpc) is 2.47. The Balaban J connectivity index is 1.88. The Morgan fingerprint density at radius 1 is 1.25 bits per heavy atom. The van der Waals surface area contributed by atoms with Gasteiger partial charge in [0.1, 0.15) is 5.75 Å². The number of anilines is 1. The van der Waals surface area contributed by atoms with Crippen LogP contribution in [-0.2, 0) is 4.79 Å². The van der Waals surface area contributed by atoms with E-state index in [1.807, 2.05) is 24.0 Å². The number of nitrogens with two attached hydrogens (primary N) is 1. The number of carbonyl (C=O) groups is 1. The molecule has 0 saturated carbocycles. The van der Waals surface area contributed by atoms with Gasteiger partial charge < -0.3 is 20.3 Å². The Hall–Kier alpha value is -1.75. The summed E-state index contributed by atoms with van der Waals surface area (Å²) in [5, 5.41) is 0. The Kier molecular flexibility index (Phi) is 4.84.